The van der Waals surface area contributed by atoms with E-state index in [0.29, 0.717) is 6.61 Å². The van der Waals surface area contributed by atoms with E-state index in [0.717, 1.165) is 18.6 Å². The van der Waals surface area contributed by atoms with Gasteiger partial charge in [0.05, 0.1) is 17.1 Å². The highest BCUT2D eigenvalue weighted by Crippen LogP contribution is 2.22. The lowest BCUT2D eigenvalue weighted by Crippen LogP contribution is -2.41. The minimum atomic E-state index is -1.01. The molecule has 6 nitrogen and oxygen atoms in total. The molecule has 1 heterocycles. The van der Waals surface area contributed by atoms with Gasteiger partial charge in [0.1, 0.15) is 0 Å². The molecule has 0 aromatic heterocycles. The number of nitrogens with zero attached hydrogens (tertiary/aromatic N) is 2. The van der Waals surface area contributed by atoms with Gasteiger partial charge in [0, 0.05) is 25.3 Å². The van der Waals surface area contributed by atoms with Crippen LogP contribution in [0, 0.1) is 15.9 Å². The Labute approximate surface area is 115 Å². The molecule has 0 N–H and O–H groups in total. The quantitative estimate of drug-likeness (QED) is 0.627. The van der Waals surface area contributed by atoms with Crippen molar-refractivity contribution in [3.63, 3.8) is 0 Å². The zero-order chi connectivity index (χ0) is 14.9. The molecule has 1 aliphatic heterocycles. The van der Waals surface area contributed by atoms with E-state index < -0.39 is 16.4 Å². The third kappa shape index (κ3) is 2.62. The van der Waals surface area contributed by atoms with Crippen molar-refractivity contribution in [2.75, 3.05) is 13.7 Å². The molecule has 1 aromatic carbocycles. The third-order valence-electron chi connectivity index (χ3n) is 3.55. The van der Waals surface area contributed by atoms with Gasteiger partial charge in [-0.05, 0) is 25.5 Å². The van der Waals surface area contributed by atoms with Gasteiger partial charge in [0.15, 0.2) is 0 Å². The van der Waals surface area contributed by atoms with Gasteiger partial charge in [-0.15, -0.1) is 0 Å². The molecule has 2 atom stereocenters. The van der Waals surface area contributed by atoms with E-state index >= 15 is 0 Å². The van der Waals surface area contributed by atoms with Crippen molar-refractivity contribution in [3.8, 4) is 0 Å². The van der Waals surface area contributed by atoms with Gasteiger partial charge in [-0.25, -0.2) is 0 Å². The number of hydrogen-bond acceptors (Lipinski definition) is 4. The maximum Gasteiger partial charge on any atom is 0.304 e. The molecule has 108 valence electrons. The van der Waals surface area contributed by atoms with Crippen LogP contribution in [0.2, 0.25) is 0 Å². The first-order valence-electron chi connectivity index (χ1n) is 6.24. The molecule has 1 aliphatic rings. The van der Waals surface area contributed by atoms with Gasteiger partial charge >= 0.3 is 5.69 Å². The van der Waals surface area contributed by atoms with E-state index in [1.165, 1.54) is 11.0 Å². The van der Waals surface area contributed by atoms with E-state index in [4.69, 9.17) is 4.74 Å². The number of nitro benzene ring substituents is 1. The zero-order valence-corrected chi connectivity index (χ0v) is 11.2. The zero-order valence-electron chi connectivity index (χ0n) is 11.2. The van der Waals surface area contributed by atoms with E-state index in [2.05, 4.69) is 0 Å². The lowest BCUT2D eigenvalue weighted by molar-refractivity contribution is -0.387. The first-order valence-corrected chi connectivity index (χ1v) is 6.24. The molecule has 0 saturated carbocycles. The summed E-state index contributed by atoms with van der Waals surface area (Å²) in [6, 6.07) is 3.10. The van der Waals surface area contributed by atoms with Crippen molar-refractivity contribution in [1.82, 2.24) is 4.90 Å². The van der Waals surface area contributed by atoms with Crippen molar-refractivity contribution >= 4 is 11.6 Å². The molecule has 0 spiro atoms. The Balaban J connectivity index is 2.21. The van der Waals surface area contributed by atoms with Crippen molar-refractivity contribution in [3.05, 3.63) is 39.7 Å². The van der Waals surface area contributed by atoms with Crippen LogP contribution in [0.1, 0.15) is 23.7 Å². The lowest BCUT2D eigenvalue weighted by Gasteiger charge is -2.26. The van der Waals surface area contributed by atoms with E-state index in [9.17, 15) is 19.3 Å². The van der Waals surface area contributed by atoms with Crippen molar-refractivity contribution in [2.45, 2.75) is 25.5 Å². The summed E-state index contributed by atoms with van der Waals surface area (Å²) in [5, 5.41) is 10.5. The normalized spacial score (nSPS) is 21.8. The summed E-state index contributed by atoms with van der Waals surface area (Å²) < 4.78 is 18.9. The summed E-state index contributed by atoms with van der Waals surface area (Å²) in [5.74, 6) is -1.38. The number of carbonyl (C=O) groups excluding carboxylic acids is 1. The molecule has 0 radical (unpaired) electrons. The monoisotopic (exact) mass is 282 g/mol. The van der Waals surface area contributed by atoms with Gasteiger partial charge < -0.3 is 9.64 Å². The average molecular weight is 282 g/mol. The highest BCUT2D eigenvalue weighted by Gasteiger charge is 2.31. The number of likely N-dealkylation sites (N-methyl/N-ethyl adjacent to an activating group) is 1. The van der Waals surface area contributed by atoms with Gasteiger partial charge in [-0.3, -0.25) is 14.9 Å². The van der Waals surface area contributed by atoms with Gasteiger partial charge in [-0.2, -0.15) is 4.39 Å². The predicted octanol–water partition coefficient (Wildman–Crippen LogP) is 1.98. The molecule has 1 fully saturated rings. The molecule has 7 heteroatoms. The average Bonchev–Trinajstić information content (AvgIpc) is 2.82. The standard InChI is InChI=1S/C13H15FN2O4/c1-8-11(5-6-20-8)15(2)13(17)9-3-4-12(16(18)19)10(14)7-9/h3-4,7-8,11H,5-6H2,1-2H3. The molecular formula is C13H15FN2O4. The van der Waals surface area contributed by atoms with Crippen molar-refractivity contribution in [2.24, 2.45) is 0 Å². The van der Waals surface area contributed by atoms with Crippen LogP contribution in [0.5, 0.6) is 0 Å². The Morgan fingerprint density at radius 3 is 2.75 bits per heavy atom. The molecule has 2 rings (SSSR count). The van der Waals surface area contributed by atoms with Crippen molar-refractivity contribution in [1.29, 1.82) is 0 Å². The number of amides is 1. The number of hydrogen-bond donors (Lipinski definition) is 0. The van der Waals surface area contributed by atoms with Crippen LogP contribution in [-0.4, -0.2) is 41.5 Å². The van der Waals surface area contributed by atoms with Crippen LogP contribution in [0.3, 0.4) is 0 Å². The van der Waals surface area contributed by atoms with Crippen LogP contribution in [-0.2, 0) is 4.74 Å². The van der Waals surface area contributed by atoms with Gasteiger partial charge in [0.2, 0.25) is 5.82 Å². The minimum absolute atomic E-state index is 0.0687. The molecule has 1 saturated heterocycles. The third-order valence-corrected chi connectivity index (χ3v) is 3.55. The number of benzene rings is 1. The predicted molar refractivity (Wildman–Crippen MR) is 69.0 cm³/mol. The number of halogens is 1. The van der Waals surface area contributed by atoms with Crippen LogP contribution in [0.4, 0.5) is 10.1 Å². The van der Waals surface area contributed by atoms with Crippen LogP contribution < -0.4 is 0 Å². The highest BCUT2D eigenvalue weighted by atomic mass is 19.1. The summed E-state index contributed by atoms with van der Waals surface area (Å²) in [6.45, 7) is 2.45. The summed E-state index contributed by atoms with van der Waals surface area (Å²) >= 11 is 0. The van der Waals surface area contributed by atoms with Crippen molar-refractivity contribution < 1.29 is 18.8 Å². The summed E-state index contributed by atoms with van der Waals surface area (Å²) in [5.41, 5.74) is -0.545. The SMILES string of the molecule is CC1OCCC1N(C)C(=O)c1ccc([N+](=O)[O-])c(F)c1. The number of rotatable bonds is 3. The summed E-state index contributed by atoms with van der Waals surface area (Å²) in [7, 11) is 1.62. The van der Waals surface area contributed by atoms with E-state index in [1.807, 2.05) is 6.92 Å². The second-order valence-corrected chi connectivity index (χ2v) is 4.77. The maximum absolute atomic E-state index is 13.5. The molecule has 0 bridgehead atoms. The molecule has 0 aliphatic carbocycles. The molecule has 1 amide bonds. The van der Waals surface area contributed by atoms with Gasteiger partial charge in [-0.1, -0.05) is 0 Å². The van der Waals surface area contributed by atoms with Crippen LogP contribution in [0.15, 0.2) is 18.2 Å². The Bertz CT molecular complexity index is 549. The fraction of sp³-hybridized carbons (Fsp3) is 0.462. The molecule has 2 unspecified atom stereocenters. The first kappa shape index (κ1) is 14.4. The largest absolute Gasteiger partial charge is 0.376 e. The second-order valence-electron chi connectivity index (χ2n) is 4.77. The number of nitro groups is 1. The molecule has 20 heavy (non-hydrogen) atoms. The smallest absolute Gasteiger partial charge is 0.304 e. The first-order chi connectivity index (χ1) is 9.41. The Morgan fingerprint density at radius 2 is 2.25 bits per heavy atom. The van der Waals surface area contributed by atoms with E-state index in [-0.39, 0.29) is 23.6 Å². The fourth-order valence-corrected chi connectivity index (χ4v) is 2.37. The number of ether oxygens (including phenoxy) is 1. The Hall–Kier alpha value is -2.02. The van der Waals surface area contributed by atoms with E-state index in [1.54, 1.807) is 7.05 Å². The van der Waals surface area contributed by atoms with Gasteiger partial charge in [0.25, 0.3) is 5.91 Å². The molecule has 1 aromatic rings. The maximum atomic E-state index is 13.5. The Kier molecular flexibility index (Phi) is 3.99. The topological polar surface area (TPSA) is 72.7 Å². The summed E-state index contributed by atoms with van der Waals surface area (Å²) in [4.78, 5) is 23.5. The van der Waals surface area contributed by atoms with Crippen LogP contribution in [0.25, 0.3) is 0 Å². The highest BCUT2D eigenvalue weighted by molar-refractivity contribution is 5.94. The summed E-state index contributed by atoms with van der Waals surface area (Å²) in [6.07, 6.45) is 0.644. The lowest BCUT2D eigenvalue weighted by atomic mass is 10.1. The minimum Gasteiger partial charge on any atom is -0.376 e. The Morgan fingerprint density at radius 1 is 1.55 bits per heavy atom. The number of carbonyl (C=O) groups is 1. The van der Waals surface area contributed by atoms with Crippen LogP contribution >= 0.6 is 0 Å². The fourth-order valence-electron chi connectivity index (χ4n) is 2.37. The second kappa shape index (κ2) is 5.54. The molecular weight excluding hydrogens is 267 g/mol.